The summed E-state index contributed by atoms with van der Waals surface area (Å²) in [5, 5.41) is 1.99. The van der Waals surface area contributed by atoms with Crippen molar-refractivity contribution in [3.05, 3.63) is 89.1 Å². The molecule has 5 rings (SSSR count). The largest absolute Gasteiger partial charge is 0.457 e. The first-order valence-corrected chi connectivity index (χ1v) is 11.2. The number of aliphatic imine (C=N–C) groups is 1. The van der Waals surface area contributed by atoms with Gasteiger partial charge in [-0.25, -0.2) is 4.99 Å². The van der Waals surface area contributed by atoms with Crippen LogP contribution in [0.25, 0.3) is 0 Å². The third-order valence-corrected chi connectivity index (χ3v) is 6.84. The summed E-state index contributed by atoms with van der Waals surface area (Å²) in [5.41, 5.74) is 9.27. The van der Waals surface area contributed by atoms with E-state index in [1.165, 1.54) is 21.2 Å². The highest BCUT2D eigenvalue weighted by Gasteiger charge is 2.20. The van der Waals surface area contributed by atoms with Gasteiger partial charge in [0.25, 0.3) is 0 Å². The predicted octanol–water partition coefficient (Wildman–Crippen LogP) is 6.81. The molecule has 0 spiro atoms. The van der Waals surface area contributed by atoms with Gasteiger partial charge in [-0.1, -0.05) is 30.0 Å². The lowest BCUT2D eigenvalue weighted by atomic mass is 10.2. The monoisotopic (exact) mass is 429 g/mol. The van der Waals surface area contributed by atoms with Gasteiger partial charge in [0.2, 0.25) is 0 Å². The number of anilines is 2. The molecule has 2 heterocycles. The fraction of sp³-hybridized carbons (Fsp3) is 0.0417. The topological polar surface area (TPSA) is 50.8 Å². The zero-order valence-corrected chi connectivity index (χ0v) is 17.9. The van der Waals surface area contributed by atoms with Crippen LogP contribution >= 0.6 is 23.1 Å². The number of hydrogen-bond acceptors (Lipinski definition) is 5. The minimum absolute atomic E-state index is 0.523. The second kappa shape index (κ2) is 7.89. The second-order valence-corrected chi connectivity index (χ2v) is 8.86. The second-order valence-electron chi connectivity index (χ2n) is 6.83. The summed E-state index contributed by atoms with van der Waals surface area (Å²) in [6, 6.07) is 26.2. The summed E-state index contributed by atoms with van der Waals surface area (Å²) < 4.78 is 6.09. The molecule has 4 nitrogen and oxygen atoms in total. The summed E-state index contributed by atoms with van der Waals surface area (Å²) in [5.74, 6) is 2.09. The van der Waals surface area contributed by atoms with Crippen LogP contribution in [0, 0.1) is 0 Å². The molecule has 6 heteroatoms. The van der Waals surface area contributed by atoms with Gasteiger partial charge in [0.1, 0.15) is 17.3 Å². The van der Waals surface area contributed by atoms with Crippen molar-refractivity contribution in [1.82, 2.24) is 0 Å². The Morgan fingerprint density at radius 3 is 2.43 bits per heavy atom. The molecule has 0 atom stereocenters. The van der Waals surface area contributed by atoms with E-state index >= 15 is 0 Å². The Balaban J connectivity index is 1.34. The number of amidine groups is 1. The first-order chi connectivity index (χ1) is 14.7. The lowest BCUT2D eigenvalue weighted by Crippen LogP contribution is -2.14. The first kappa shape index (κ1) is 18.8. The molecule has 30 heavy (non-hydrogen) atoms. The number of fused-ring (bicyclic) bond motifs is 2. The summed E-state index contributed by atoms with van der Waals surface area (Å²) in [7, 11) is 2.10. The van der Waals surface area contributed by atoms with Gasteiger partial charge < -0.3 is 15.4 Å². The molecule has 1 aliphatic heterocycles. The Labute approximate surface area is 183 Å². The van der Waals surface area contributed by atoms with E-state index < -0.39 is 0 Å². The fourth-order valence-electron chi connectivity index (χ4n) is 3.33. The normalized spacial score (nSPS) is 13.0. The molecular formula is C24H19N3OS2. The van der Waals surface area contributed by atoms with Crippen LogP contribution in [0.15, 0.2) is 99.0 Å². The summed E-state index contributed by atoms with van der Waals surface area (Å²) in [6.45, 7) is 0. The van der Waals surface area contributed by atoms with Crippen LogP contribution in [0.4, 0.5) is 17.1 Å². The third-order valence-electron chi connectivity index (χ3n) is 4.83. The van der Waals surface area contributed by atoms with E-state index in [4.69, 9.17) is 10.5 Å². The average molecular weight is 430 g/mol. The van der Waals surface area contributed by atoms with Gasteiger partial charge in [-0.2, -0.15) is 0 Å². The number of thiophene rings is 1. The highest BCUT2D eigenvalue weighted by molar-refractivity contribution is 7.99. The SMILES string of the molecule is CN1c2ccccc2Sc2cc(Oc3ccc(N=C(N)c4cccs4)cc3)ccc21. The minimum atomic E-state index is 0.523. The average Bonchev–Trinajstić information content (AvgIpc) is 3.30. The fourth-order valence-corrected chi connectivity index (χ4v) is 5.13. The molecule has 4 aromatic rings. The lowest BCUT2D eigenvalue weighted by Gasteiger charge is -2.29. The summed E-state index contributed by atoms with van der Waals surface area (Å²) in [4.78, 5) is 10.1. The van der Waals surface area contributed by atoms with E-state index in [0.717, 1.165) is 22.1 Å². The maximum atomic E-state index is 6.09. The number of benzene rings is 3. The highest BCUT2D eigenvalue weighted by atomic mass is 32.2. The van der Waals surface area contributed by atoms with Crippen LogP contribution in [0.3, 0.4) is 0 Å². The first-order valence-electron chi connectivity index (χ1n) is 9.48. The molecule has 1 aliphatic rings. The van der Waals surface area contributed by atoms with Crippen molar-refractivity contribution in [3.63, 3.8) is 0 Å². The molecule has 148 valence electrons. The Bertz CT molecular complexity index is 1220. The molecule has 0 unspecified atom stereocenters. The van der Waals surface area contributed by atoms with E-state index in [2.05, 4.69) is 53.3 Å². The van der Waals surface area contributed by atoms with Gasteiger partial charge in [0, 0.05) is 16.8 Å². The molecule has 0 fully saturated rings. The number of hydrogen-bond donors (Lipinski definition) is 1. The predicted molar refractivity (Wildman–Crippen MR) is 126 cm³/mol. The van der Waals surface area contributed by atoms with Crippen molar-refractivity contribution in [2.24, 2.45) is 10.7 Å². The Kier molecular flexibility index (Phi) is 4.94. The van der Waals surface area contributed by atoms with Gasteiger partial charge in [0.05, 0.1) is 21.9 Å². The summed E-state index contributed by atoms with van der Waals surface area (Å²) >= 11 is 3.34. The van der Waals surface area contributed by atoms with Crippen molar-refractivity contribution in [3.8, 4) is 11.5 Å². The van der Waals surface area contributed by atoms with Crippen LogP contribution in [0.2, 0.25) is 0 Å². The van der Waals surface area contributed by atoms with Crippen molar-refractivity contribution in [1.29, 1.82) is 0 Å². The van der Waals surface area contributed by atoms with Crippen LogP contribution in [-0.4, -0.2) is 12.9 Å². The van der Waals surface area contributed by atoms with Crippen LogP contribution in [0.1, 0.15) is 4.88 Å². The van der Waals surface area contributed by atoms with Crippen molar-refractivity contribution < 1.29 is 4.74 Å². The van der Waals surface area contributed by atoms with E-state index in [-0.39, 0.29) is 0 Å². The van der Waals surface area contributed by atoms with Gasteiger partial charge in [-0.05, 0) is 66.0 Å². The molecule has 0 amide bonds. The van der Waals surface area contributed by atoms with Crippen molar-refractivity contribution in [2.45, 2.75) is 9.79 Å². The van der Waals surface area contributed by atoms with Crippen LogP contribution < -0.4 is 15.4 Å². The maximum Gasteiger partial charge on any atom is 0.141 e. The van der Waals surface area contributed by atoms with Gasteiger partial charge in [0.15, 0.2) is 0 Å². The number of para-hydroxylation sites is 1. The lowest BCUT2D eigenvalue weighted by molar-refractivity contribution is 0.481. The minimum Gasteiger partial charge on any atom is -0.457 e. The molecule has 3 aromatic carbocycles. The number of nitrogens with two attached hydrogens (primary N) is 1. The van der Waals surface area contributed by atoms with E-state index in [0.29, 0.717) is 5.84 Å². The standard InChI is InChI=1S/C24H19N3OS2/c1-27-19-5-2-3-6-21(19)30-23-15-18(12-13-20(23)27)28-17-10-8-16(9-11-17)26-24(25)22-7-4-14-29-22/h2-15H,1H3,(H2,25,26). The molecule has 1 aromatic heterocycles. The Morgan fingerprint density at radius 2 is 1.63 bits per heavy atom. The number of ether oxygens (including phenoxy) is 1. The molecule has 0 saturated carbocycles. The zero-order valence-electron chi connectivity index (χ0n) is 16.3. The van der Waals surface area contributed by atoms with E-state index in [9.17, 15) is 0 Å². The molecule has 2 N–H and O–H groups in total. The number of nitrogens with zero attached hydrogens (tertiary/aromatic N) is 2. The summed E-state index contributed by atoms with van der Waals surface area (Å²) in [6.07, 6.45) is 0. The molecule has 0 bridgehead atoms. The smallest absolute Gasteiger partial charge is 0.141 e. The maximum absolute atomic E-state index is 6.09. The quantitative estimate of drug-likeness (QED) is 0.286. The van der Waals surface area contributed by atoms with Crippen molar-refractivity contribution in [2.75, 3.05) is 11.9 Å². The van der Waals surface area contributed by atoms with Crippen LogP contribution in [0.5, 0.6) is 11.5 Å². The Morgan fingerprint density at radius 1 is 0.867 bits per heavy atom. The molecule has 0 radical (unpaired) electrons. The number of rotatable bonds is 4. The Hall–Kier alpha value is -3.22. The van der Waals surface area contributed by atoms with Gasteiger partial charge in [-0.3, -0.25) is 0 Å². The van der Waals surface area contributed by atoms with Crippen LogP contribution in [-0.2, 0) is 0 Å². The molecule has 0 saturated heterocycles. The van der Waals surface area contributed by atoms with E-state index in [1.807, 2.05) is 47.8 Å². The van der Waals surface area contributed by atoms with Gasteiger partial charge in [-0.15, -0.1) is 11.3 Å². The van der Waals surface area contributed by atoms with Gasteiger partial charge >= 0.3 is 0 Å². The highest BCUT2D eigenvalue weighted by Crippen LogP contribution is 2.48. The van der Waals surface area contributed by atoms with E-state index in [1.54, 1.807) is 23.1 Å². The molecular weight excluding hydrogens is 410 g/mol. The van der Waals surface area contributed by atoms with Crippen molar-refractivity contribution >= 4 is 46.0 Å². The zero-order chi connectivity index (χ0) is 20.5. The third kappa shape index (κ3) is 3.67. The molecule has 0 aliphatic carbocycles.